The fourth-order valence-electron chi connectivity index (χ4n) is 3.23. The summed E-state index contributed by atoms with van der Waals surface area (Å²) in [5.74, 6) is 0.118. The van der Waals surface area contributed by atoms with Crippen molar-refractivity contribution < 1.29 is 4.79 Å². The van der Waals surface area contributed by atoms with Gasteiger partial charge in [-0.25, -0.2) is 0 Å². The normalized spacial score (nSPS) is 10.9. The summed E-state index contributed by atoms with van der Waals surface area (Å²) in [5, 5.41) is 11.6. The summed E-state index contributed by atoms with van der Waals surface area (Å²) in [7, 11) is 3.77. The van der Waals surface area contributed by atoms with Crippen LogP contribution in [0.5, 0.6) is 0 Å². The van der Waals surface area contributed by atoms with E-state index in [4.69, 9.17) is 0 Å². The van der Waals surface area contributed by atoms with Crippen molar-refractivity contribution >= 4 is 5.91 Å². The lowest BCUT2D eigenvalue weighted by atomic mass is 10.1. The third-order valence-corrected chi connectivity index (χ3v) is 4.86. The Morgan fingerprint density at radius 3 is 2.62 bits per heavy atom. The topological polar surface area (TPSA) is 66.8 Å². The average Bonchev–Trinajstić information content (AvgIpc) is 3.18. The number of H-pyrrole nitrogens is 1. The number of nitrogens with one attached hydrogen (secondary N) is 1. The molecule has 0 saturated heterocycles. The average molecular weight is 351 g/mol. The van der Waals surface area contributed by atoms with Crippen LogP contribution in [0.4, 0.5) is 0 Å². The lowest BCUT2D eigenvalue weighted by Crippen LogP contribution is -2.26. The molecule has 6 heteroatoms. The molecular weight excluding hydrogens is 326 g/mol. The van der Waals surface area contributed by atoms with Crippen molar-refractivity contribution in [3.63, 3.8) is 0 Å². The van der Waals surface area contributed by atoms with Gasteiger partial charge in [0.2, 0.25) is 5.91 Å². The lowest BCUT2D eigenvalue weighted by Gasteiger charge is -2.17. The Kier molecular flexibility index (Phi) is 5.21. The zero-order chi connectivity index (χ0) is 18.7. The van der Waals surface area contributed by atoms with Crippen LogP contribution < -0.4 is 0 Å². The van der Waals surface area contributed by atoms with E-state index < -0.39 is 0 Å². The molecule has 1 aromatic carbocycles. The summed E-state index contributed by atoms with van der Waals surface area (Å²) in [5.41, 5.74) is 6.34. The number of carbonyl (C=O) groups is 1. The number of hydrogen-bond donors (Lipinski definition) is 1. The molecule has 0 aliphatic rings. The van der Waals surface area contributed by atoms with Gasteiger partial charge in [0.15, 0.2) is 0 Å². The number of hydrogen-bond acceptors (Lipinski definition) is 3. The first-order valence-electron chi connectivity index (χ1n) is 8.78. The molecule has 0 aliphatic heterocycles. The van der Waals surface area contributed by atoms with Crippen LogP contribution in [-0.4, -0.2) is 37.8 Å². The van der Waals surface area contributed by atoms with Crippen molar-refractivity contribution in [3.8, 4) is 11.3 Å². The highest BCUT2D eigenvalue weighted by Crippen LogP contribution is 2.22. The second-order valence-corrected chi connectivity index (χ2v) is 6.66. The van der Waals surface area contributed by atoms with Gasteiger partial charge in [0.05, 0.1) is 17.6 Å². The number of carbonyl (C=O) groups excluding carboxylic acids is 1. The molecule has 2 heterocycles. The van der Waals surface area contributed by atoms with E-state index in [-0.39, 0.29) is 5.91 Å². The molecular formula is C20H25N5O. The van der Waals surface area contributed by atoms with E-state index in [0.29, 0.717) is 19.4 Å². The minimum absolute atomic E-state index is 0.118. The molecule has 0 bridgehead atoms. The molecule has 26 heavy (non-hydrogen) atoms. The van der Waals surface area contributed by atoms with Crippen LogP contribution >= 0.6 is 0 Å². The van der Waals surface area contributed by atoms with Gasteiger partial charge in [-0.15, -0.1) is 0 Å². The Bertz CT molecular complexity index is 894. The summed E-state index contributed by atoms with van der Waals surface area (Å²) in [6.07, 6.45) is 2.98. The number of aromatic amines is 1. The molecule has 6 nitrogen and oxygen atoms in total. The molecule has 0 atom stereocenters. The van der Waals surface area contributed by atoms with Gasteiger partial charge in [0.1, 0.15) is 0 Å². The Morgan fingerprint density at radius 2 is 1.96 bits per heavy atom. The number of aryl methyl sites for hydroxylation is 2. The van der Waals surface area contributed by atoms with Crippen LogP contribution in [-0.2, 0) is 24.8 Å². The van der Waals surface area contributed by atoms with Crippen LogP contribution in [0.25, 0.3) is 11.3 Å². The van der Waals surface area contributed by atoms with Crippen molar-refractivity contribution in [1.82, 2.24) is 24.9 Å². The smallest absolute Gasteiger partial charge is 0.222 e. The molecule has 0 aliphatic carbocycles. The maximum atomic E-state index is 12.6. The van der Waals surface area contributed by atoms with E-state index in [0.717, 1.165) is 28.2 Å². The summed E-state index contributed by atoms with van der Waals surface area (Å²) >= 11 is 0. The summed E-state index contributed by atoms with van der Waals surface area (Å²) in [6, 6.07) is 10.0. The highest BCUT2D eigenvalue weighted by Gasteiger charge is 2.16. The first-order chi connectivity index (χ1) is 12.5. The van der Waals surface area contributed by atoms with Gasteiger partial charge in [-0.2, -0.15) is 10.2 Å². The van der Waals surface area contributed by atoms with Gasteiger partial charge in [-0.3, -0.25) is 14.6 Å². The number of amides is 1. The van der Waals surface area contributed by atoms with Crippen LogP contribution in [0.3, 0.4) is 0 Å². The van der Waals surface area contributed by atoms with E-state index in [1.807, 2.05) is 63.0 Å². The minimum Gasteiger partial charge on any atom is -0.341 e. The molecule has 136 valence electrons. The standard InChI is InChI=1S/C20H25N5O/c1-14-18(15(2)25(4)23-14)10-11-19(26)24(3)13-17-12-21-22-20(17)16-8-6-5-7-9-16/h5-9,12H,10-11,13H2,1-4H3,(H,21,22). The van der Waals surface area contributed by atoms with E-state index in [9.17, 15) is 4.79 Å². The van der Waals surface area contributed by atoms with Crippen LogP contribution in [0.2, 0.25) is 0 Å². The number of nitrogens with zero attached hydrogens (tertiary/aromatic N) is 4. The number of benzene rings is 1. The zero-order valence-electron chi connectivity index (χ0n) is 15.8. The summed E-state index contributed by atoms with van der Waals surface area (Å²) in [6.45, 7) is 4.57. The molecule has 0 radical (unpaired) electrons. The zero-order valence-corrected chi connectivity index (χ0v) is 15.8. The molecule has 0 saturated carbocycles. The maximum absolute atomic E-state index is 12.6. The highest BCUT2D eigenvalue weighted by molar-refractivity contribution is 5.76. The predicted molar refractivity (Wildman–Crippen MR) is 102 cm³/mol. The molecule has 3 rings (SSSR count). The Hall–Kier alpha value is -2.89. The van der Waals surface area contributed by atoms with Gasteiger partial charge >= 0.3 is 0 Å². The van der Waals surface area contributed by atoms with Gasteiger partial charge in [0, 0.05) is 38.3 Å². The first-order valence-corrected chi connectivity index (χ1v) is 8.78. The van der Waals surface area contributed by atoms with Crippen LogP contribution in [0, 0.1) is 13.8 Å². The first kappa shape index (κ1) is 17.9. The van der Waals surface area contributed by atoms with E-state index >= 15 is 0 Å². The largest absolute Gasteiger partial charge is 0.341 e. The fourth-order valence-corrected chi connectivity index (χ4v) is 3.23. The van der Waals surface area contributed by atoms with E-state index in [1.165, 1.54) is 5.56 Å². The van der Waals surface area contributed by atoms with Gasteiger partial charge in [0.25, 0.3) is 0 Å². The predicted octanol–water partition coefficient (Wildman–Crippen LogP) is 3.02. The van der Waals surface area contributed by atoms with Crippen molar-refractivity contribution in [2.45, 2.75) is 33.2 Å². The summed E-state index contributed by atoms with van der Waals surface area (Å²) in [4.78, 5) is 14.4. The number of rotatable bonds is 6. The van der Waals surface area contributed by atoms with Crippen LogP contribution in [0.1, 0.15) is 28.9 Å². The Labute approximate surface area is 153 Å². The third-order valence-electron chi connectivity index (χ3n) is 4.86. The molecule has 1 amide bonds. The highest BCUT2D eigenvalue weighted by atomic mass is 16.2. The van der Waals surface area contributed by atoms with Gasteiger partial charge < -0.3 is 4.90 Å². The van der Waals surface area contributed by atoms with Gasteiger partial charge in [-0.05, 0) is 31.4 Å². The molecule has 2 aromatic heterocycles. The van der Waals surface area contributed by atoms with Crippen molar-refractivity contribution in [1.29, 1.82) is 0 Å². The van der Waals surface area contributed by atoms with Crippen molar-refractivity contribution in [2.75, 3.05) is 7.05 Å². The minimum atomic E-state index is 0.118. The summed E-state index contributed by atoms with van der Waals surface area (Å²) < 4.78 is 1.87. The third kappa shape index (κ3) is 3.69. The van der Waals surface area contributed by atoms with Crippen molar-refractivity contribution in [3.05, 3.63) is 59.0 Å². The van der Waals surface area contributed by atoms with E-state index in [1.54, 1.807) is 11.1 Å². The molecule has 0 unspecified atom stereocenters. The second-order valence-electron chi connectivity index (χ2n) is 6.66. The number of aromatic nitrogens is 4. The lowest BCUT2D eigenvalue weighted by molar-refractivity contribution is -0.130. The maximum Gasteiger partial charge on any atom is 0.222 e. The Balaban J connectivity index is 1.64. The van der Waals surface area contributed by atoms with Crippen LogP contribution in [0.15, 0.2) is 36.5 Å². The second kappa shape index (κ2) is 7.56. The molecule has 0 spiro atoms. The SMILES string of the molecule is Cc1nn(C)c(C)c1CCC(=O)N(C)Cc1cn[nH]c1-c1ccccc1. The molecule has 0 fully saturated rings. The molecule has 3 aromatic rings. The fraction of sp³-hybridized carbons (Fsp3) is 0.350. The molecule has 1 N–H and O–H groups in total. The quantitative estimate of drug-likeness (QED) is 0.742. The van der Waals surface area contributed by atoms with Crippen molar-refractivity contribution in [2.24, 2.45) is 7.05 Å². The van der Waals surface area contributed by atoms with E-state index in [2.05, 4.69) is 15.3 Å². The monoisotopic (exact) mass is 351 g/mol. The Morgan fingerprint density at radius 1 is 1.23 bits per heavy atom. The van der Waals surface area contributed by atoms with Gasteiger partial charge in [-0.1, -0.05) is 30.3 Å².